The van der Waals surface area contributed by atoms with Crippen molar-refractivity contribution in [3.63, 3.8) is 0 Å². The number of anilines is 2. The molecule has 0 saturated carbocycles. The number of aromatic nitrogens is 1. The Labute approximate surface area is 114 Å². The van der Waals surface area contributed by atoms with Gasteiger partial charge in [-0.15, -0.1) is 0 Å². The molecule has 2 aromatic rings. The van der Waals surface area contributed by atoms with Gasteiger partial charge in [-0.2, -0.15) is 0 Å². The first kappa shape index (κ1) is 12.3. The molecule has 1 fully saturated rings. The van der Waals surface area contributed by atoms with E-state index in [1.807, 2.05) is 6.20 Å². The molecular weight excluding hydrogens is 234 g/mol. The maximum Gasteiger partial charge on any atom is 0.0724 e. The molecular formula is C16H21N3. The van der Waals surface area contributed by atoms with Crippen LogP contribution in [0, 0.1) is 0 Å². The van der Waals surface area contributed by atoms with Crippen LogP contribution in [0.4, 0.5) is 11.4 Å². The highest BCUT2D eigenvalue weighted by atomic mass is 15.1. The third-order valence-electron chi connectivity index (χ3n) is 3.76. The SMILES string of the molecule is CCCNc1ccnc2ccc(N3CCCC3)cc12. The summed E-state index contributed by atoms with van der Waals surface area (Å²) in [5.41, 5.74) is 3.61. The summed E-state index contributed by atoms with van der Waals surface area (Å²) in [7, 11) is 0. The second-order valence-corrected chi connectivity index (χ2v) is 5.18. The minimum absolute atomic E-state index is 1.01. The molecule has 0 aliphatic carbocycles. The van der Waals surface area contributed by atoms with Crippen LogP contribution < -0.4 is 10.2 Å². The van der Waals surface area contributed by atoms with Crippen molar-refractivity contribution < 1.29 is 0 Å². The van der Waals surface area contributed by atoms with Crippen molar-refractivity contribution in [2.45, 2.75) is 26.2 Å². The monoisotopic (exact) mass is 255 g/mol. The predicted octanol–water partition coefficient (Wildman–Crippen LogP) is 3.66. The summed E-state index contributed by atoms with van der Waals surface area (Å²) in [6, 6.07) is 8.70. The Morgan fingerprint density at radius 3 is 2.84 bits per heavy atom. The van der Waals surface area contributed by atoms with Gasteiger partial charge in [-0.3, -0.25) is 4.98 Å². The van der Waals surface area contributed by atoms with Crippen LogP contribution in [0.15, 0.2) is 30.5 Å². The third-order valence-corrected chi connectivity index (χ3v) is 3.76. The van der Waals surface area contributed by atoms with Crippen molar-refractivity contribution in [2.24, 2.45) is 0 Å². The van der Waals surface area contributed by atoms with Crippen LogP contribution >= 0.6 is 0 Å². The molecule has 0 amide bonds. The first-order valence-corrected chi connectivity index (χ1v) is 7.26. The standard InChI is InChI=1S/C16H21N3/c1-2-8-17-16-7-9-18-15-6-5-13(12-14(15)16)19-10-3-4-11-19/h5-7,9,12H,2-4,8,10-11H2,1H3,(H,17,18). The van der Waals surface area contributed by atoms with E-state index in [1.165, 1.54) is 42.7 Å². The molecule has 1 aliphatic heterocycles. The number of benzene rings is 1. The van der Waals surface area contributed by atoms with Crippen LogP contribution in [0.1, 0.15) is 26.2 Å². The van der Waals surface area contributed by atoms with Crippen molar-refractivity contribution >= 4 is 22.3 Å². The smallest absolute Gasteiger partial charge is 0.0724 e. The van der Waals surface area contributed by atoms with Gasteiger partial charge in [-0.05, 0) is 43.5 Å². The summed E-state index contributed by atoms with van der Waals surface area (Å²) in [6.07, 6.45) is 5.64. The molecule has 3 nitrogen and oxygen atoms in total. The first-order chi connectivity index (χ1) is 9.38. The highest BCUT2D eigenvalue weighted by Gasteiger charge is 2.13. The number of rotatable bonds is 4. The lowest BCUT2D eigenvalue weighted by Crippen LogP contribution is -2.17. The van der Waals surface area contributed by atoms with Crippen molar-refractivity contribution in [3.05, 3.63) is 30.5 Å². The van der Waals surface area contributed by atoms with Gasteiger partial charge in [0.05, 0.1) is 5.52 Å². The van der Waals surface area contributed by atoms with Crippen molar-refractivity contribution in [1.29, 1.82) is 0 Å². The first-order valence-electron chi connectivity index (χ1n) is 7.26. The van der Waals surface area contributed by atoms with Gasteiger partial charge in [-0.25, -0.2) is 0 Å². The van der Waals surface area contributed by atoms with Crippen LogP contribution in [0.2, 0.25) is 0 Å². The van der Waals surface area contributed by atoms with Gasteiger partial charge >= 0.3 is 0 Å². The normalized spacial score (nSPS) is 15.1. The maximum absolute atomic E-state index is 4.46. The van der Waals surface area contributed by atoms with Gasteiger partial charge in [0, 0.05) is 42.6 Å². The molecule has 1 N–H and O–H groups in total. The Bertz CT molecular complexity index is 559. The van der Waals surface area contributed by atoms with Gasteiger partial charge in [-0.1, -0.05) is 6.92 Å². The fourth-order valence-electron chi connectivity index (χ4n) is 2.72. The Morgan fingerprint density at radius 2 is 2.05 bits per heavy atom. The Hall–Kier alpha value is -1.77. The molecule has 2 heterocycles. The molecule has 0 radical (unpaired) electrons. The average molecular weight is 255 g/mol. The Balaban J connectivity index is 1.99. The minimum atomic E-state index is 1.01. The fourth-order valence-corrected chi connectivity index (χ4v) is 2.72. The zero-order valence-electron chi connectivity index (χ0n) is 11.5. The number of hydrogen-bond donors (Lipinski definition) is 1. The molecule has 0 unspecified atom stereocenters. The van der Waals surface area contributed by atoms with Crippen LogP contribution in [0.5, 0.6) is 0 Å². The van der Waals surface area contributed by atoms with E-state index >= 15 is 0 Å². The lowest BCUT2D eigenvalue weighted by atomic mass is 10.1. The van der Waals surface area contributed by atoms with E-state index < -0.39 is 0 Å². The molecule has 0 spiro atoms. The van der Waals surface area contributed by atoms with Crippen LogP contribution in [-0.2, 0) is 0 Å². The van der Waals surface area contributed by atoms with Gasteiger partial charge in [0.15, 0.2) is 0 Å². The quantitative estimate of drug-likeness (QED) is 0.903. The number of hydrogen-bond acceptors (Lipinski definition) is 3. The number of fused-ring (bicyclic) bond motifs is 1. The van der Waals surface area contributed by atoms with Crippen molar-refractivity contribution in [1.82, 2.24) is 4.98 Å². The van der Waals surface area contributed by atoms with E-state index in [1.54, 1.807) is 0 Å². The largest absolute Gasteiger partial charge is 0.384 e. The van der Waals surface area contributed by atoms with Gasteiger partial charge < -0.3 is 10.2 Å². The van der Waals surface area contributed by atoms with Gasteiger partial charge in [0.2, 0.25) is 0 Å². The van der Waals surface area contributed by atoms with E-state index in [2.05, 4.69) is 46.4 Å². The summed E-state index contributed by atoms with van der Waals surface area (Å²) in [4.78, 5) is 6.93. The molecule has 1 aromatic heterocycles. The van der Waals surface area contributed by atoms with Crippen LogP contribution in [0.3, 0.4) is 0 Å². The van der Waals surface area contributed by atoms with Crippen LogP contribution in [0.25, 0.3) is 10.9 Å². The summed E-state index contributed by atoms with van der Waals surface area (Å²) in [6.45, 7) is 5.56. The Morgan fingerprint density at radius 1 is 1.21 bits per heavy atom. The molecule has 19 heavy (non-hydrogen) atoms. The van der Waals surface area contributed by atoms with E-state index in [0.717, 1.165) is 18.5 Å². The number of nitrogens with one attached hydrogen (secondary N) is 1. The van der Waals surface area contributed by atoms with Gasteiger partial charge in [0.1, 0.15) is 0 Å². The second kappa shape index (κ2) is 5.47. The van der Waals surface area contributed by atoms with Gasteiger partial charge in [0.25, 0.3) is 0 Å². The lowest BCUT2D eigenvalue weighted by Gasteiger charge is -2.18. The third kappa shape index (κ3) is 2.50. The molecule has 3 heteroatoms. The molecule has 3 rings (SSSR count). The summed E-state index contributed by atoms with van der Waals surface area (Å²) < 4.78 is 0. The minimum Gasteiger partial charge on any atom is -0.384 e. The molecule has 1 aliphatic rings. The number of nitrogens with zero attached hydrogens (tertiary/aromatic N) is 2. The highest BCUT2D eigenvalue weighted by molar-refractivity contribution is 5.93. The molecule has 1 aromatic carbocycles. The molecule has 1 saturated heterocycles. The maximum atomic E-state index is 4.46. The van der Waals surface area contributed by atoms with E-state index in [4.69, 9.17) is 0 Å². The second-order valence-electron chi connectivity index (χ2n) is 5.18. The summed E-state index contributed by atoms with van der Waals surface area (Å²) >= 11 is 0. The zero-order valence-corrected chi connectivity index (χ0v) is 11.5. The lowest BCUT2D eigenvalue weighted by molar-refractivity contribution is 0.949. The number of pyridine rings is 1. The molecule has 100 valence electrons. The average Bonchev–Trinajstić information content (AvgIpc) is 2.98. The van der Waals surface area contributed by atoms with E-state index in [-0.39, 0.29) is 0 Å². The highest BCUT2D eigenvalue weighted by Crippen LogP contribution is 2.28. The Kier molecular flexibility index (Phi) is 3.53. The molecule has 0 bridgehead atoms. The predicted molar refractivity (Wildman–Crippen MR) is 82.0 cm³/mol. The summed E-state index contributed by atoms with van der Waals surface area (Å²) in [5, 5.41) is 4.73. The summed E-state index contributed by atoms with van der Waals surface area (Å²) in [5.74, 6) is 0. The van der Waals surface area contributed by atoms with E-state index in [9.17, 15) is 0 Å². The van der Waals surface area contributed by atoms with E-state index in [0.29, 0.717) is 0 Å². The topological polar surface area (TPSA) is 28.2 Å². The van der Waals surface area contributed by atoms with Crippen molar-refractivity contribution in [3.8, 4) is 0 Å². The van der Waals surface area contributed by atoms with Crippen molar-refractivity contribution in [2.75, 3.05) is 29.9 Å². The zero-order chi connectivity index (χ0) is 13.1. The molecule has 0 atom stereocenters. The fraction of sp³-hybridized carbons (Fsp3) is 0.438. The van der Waals surface area contributed by atoms with Crippen LogP contribution in [-0.4, -0.2) is 24.6 Å².